The summed E-state index contributed by atoms with van der Waals surface area (Å²) in [4.78, 5) is 14.5. The molecule has 1 amide bonds. The molecule has 3 rings (SSSR count). The minimum Gasteiger partial charge on any atom is -0.342 e. The Morgan fingerprint density at radius 3 is 2.32 bits per heavy atom. The van der Waals surface area contributed by atoms with E-state index in [4.69, 9.17) is 11.6 Å². The highest BCUT2D eigenvalue weighted by Crippen LogP contribution is 2.26. The molecule has 0 unspecified atom stereocenters. The van der Waals surface area contributed by atoms with Gasteiger partial charge in [-0.1, -0.05) is 29.8 Å². The molecule has 0 spiro atoms. The molecule has 2 aliphatic rings. The predicted molar refractivity (Wildman–Crippen MR) is 98.8 cm³/mol. The first-order valence-corrected chi connectivity index (χ1v) is 11.0. The van der Waals surface area contributed by atoms with E-state index in [0.29, 0.717) is 36.5 Å². The lowest BCUT2D eigenvalue weighted by Crippen LogP contribution is -2.45. The number of halogens is 1. The molecule has 0 aromatic heterocycles. The van der Waals surface area contributed by atoms with Crippen LogP contribution in [0.2, 0.25) is 5.02 Å². The predicted octanol–water partition coefficient (Wildman–Crippen LogP) is 2.89. The van der Waals surface area contributed by atoms with Crippen molar-refractivity contribution in [1.29, 1.82) is 0 Å². The zero-order valence-corrected chi connectivity index (χ0v) is 15.9. The smallest absolute Gasteiger partial charge is 0.225 e. The highest BCUT2D eigenvalue weighted by molar-refractivity contribution is 7.88. The van der Waals surface area contributed by atoms with E-state index in [-0.39, 0.29) is 17.6 Å². The van der Waals surface area contributed by atoms with Gasteiger partial charge in [-0.15, -0.1) is 0 Å². The van der Waals surface area contributed by atoms with Crippen LogP contribution in [0.15, 0.2) is 24.3 Å². The van der Waals surface area contributed by atoms with Crippen LogP contribution in [0.25, 0.3) is 0 Å². The van der Waals surface area contributed by atoms with Crippen molar-refractivity contribution in [3.63, 3.8) is 0 Å². The lowest BCUT2D eigenvalue weighted by atomic mass is 9.95. The number of sulfonamides is 1. The molecule has 25 heavy (non-hydrogen) atoms. The summed E-state index contributed by atoms with van der Waals surface area (Å²) in [7, 11) is -3.41. The van der Waals surface area contributed by atoms with Crippen LogP contribution in [-0.4, -0.2) is 49.7 Å². The molecule has 138 valence electrons. The van der Waals surface area contributed by atoms with Gasteiger partial charge in [-0.3, -0.25) is 4.79 Å². The molecular formula is C18H25ClN2O3S. The second-order valence-electron chi connectivity index (χ2n) is 6.91. The van der Waals surface area contributed by atoms with Gasteiger partial charge in [0, 0.05) is 37.1 Å². The Balaban J connectivity index is 1.57. The fourth-order valence-corrected chi connectivity index (χ4v) is 5.53. The fourth-order valence-electron chi connectivity index (χ4n) is 3.66. The minimum absolute atomic E-state index is 0.0372. The van der Waals surface area contributed by atoms with Crippen molar-refractivity contribution >= 4 is 27.5 Å². The number of hydrogen-bond donors (Lipinski definition) is 0. The summed E-state index contributed by atoms with van der Waals surface area (Å²) in [5.41, 5.74) is 0.621. The summed E-state index contributed by atoms with van der Waals surface area (Å²) in [5, 5.41) is 0.473. The van der Waals surface area contributed by atoms with Crippen molar-refractivity contribution < 1.29 is 13.2 Å². The highest BCUT2D eigenvalue weighted by atomic mass is 35.5. The van der Waals surface area contributed by atoms with E-state index in [1.54, 1.807) is 24.3 Å². The van der Waals surface area contributed by atoms with E-state index >= 15 is 0 Å². The number of rotatable bonds is 4. The Morgan fingerprint density at radius 2 is 1.68 bits per heavy atom. The second-order valence-corrected chi connectivity index (χ2v) is 9.28. The largest absolute Gasteiger partial charge is 0.342 e. The van der Waals surface area contributed by atoms with Crippen molar-refractivity contribution in [1.82, 2.24) is 9.21 Å². The van der Waals surface area contributed by atoms with E-state index < -0.39 is 10.0 Å². The Labute approximate surface area is 155 Å². The third kappa shape index (κ3) is 4.54. The summed E-state index contributed by atoms with van der Waals surface area (Å²) < 4.78 is 26.8. The molecule has 0 aliphatic carbocycles. The third-order valence-electron chi connectivity index (χ3n) is 5.16. The summed E-state index contributed by atoms with van der Waals surface area (Å²) >= 11 is 6.09. The monoisotopic (exact) mass is 384 g/mol. The molecule has 0 bridgehead atoms. The number of benzene rings is 1. The van der Waals surface area contributed by atoms with E-state index in [1.807, 2.05) is 4.90 Å². The maximum Gasteiger partial charge on any atom is 0.225 e. The SMILES string of the molecule is O=C(C1CCN(S(=O)(=O)Cc2ccccc2Cl)CC1)N1CCCCC1. The number of piperidine rings is 2. The van der Waals surface area contributed by atoms with Gasteiger partial charge in [0.15, 0.2) is 0 Å². The number of carbonyl (C=O) groups excluding carboxylic acids is 1. The molecule has 0 N–H and O–H groups in total. The van der Waals surface area contributed by atoms with Crippen molar-refractivity contribution in [3.8, 4) is 0 Å². The van der Waals surface area contributed by atoms with Gasteiger partial charge in [0.25, 0.3) is 0 Å². The van der Waals surface area contributed by atoms with Crippen molar-refractivity contribution in [3.05, 3.63) is 34.9 Å². The molecule has 1 aromatic carbocycles. The molecule has 2 aliphatic heterocycles. The van der Waals surface area contributed by atoms with Crippen molar-refractivity contribution in [2.75, 3.05) is 26.2 Å². The van der Waals surface area contributed by atoms with Crippen molar-refractivity contribution in [2.24, 2.45) is 5.92 Å². The highest BCUT2D eigenvalue weighted by Gasteiger charge is 2.33. The van der Waals surface area contributed by atoms with Crippen LogP contribution in [0.4, 0.5) is 0 Å². The van der Waals surface area contributed by atoms with Gasteiger partial charge in [0.1, 0.15) is 0 Å². The van der Waals surface area contributed by atoms with Gasteiger partial charge >= 0.3 is 0 Å². The lowest BCUT2D eigenvalue weighted by molar-refractivity contribution is -0.137. The van der Waals surface area contributed by atoms with Crippen molar-refractivity contribution in [2.45, 2.75) is 37.9 Å². The van der Waals surface area contributed by atoms with E-state index in [9.17, 15) is 13.2 Å². The Morgan fingerprint density at radius 1 is 1.04 bits per heavy atom. The van der Waals surface area contributed by atoms with Crippen LogP contribution in [0, 0.1) is 5.92 Å². The first-order valence-electron chi connectivity index (χ1n) is 8.97. The topological polar surface area (TPSA) is 57.7 Å². The molecule has 1 aromatic rings. The quantitative estimate of drug-likeness (QED) is 0.802. The van der Waals surface area contributed by atoms with Crippen LogP contribution >= 0.6 is 11.6 Å². The summed E-state index contributed by atoms with van der Waals surface area (Å²) in [5.74, 6) is 0.0879. The molecule has 7 heteroatoms. The third-order valence-corrected chi connectivity index (χ3v) is 7.36. The van der Waals surface area contributed by atoms with Gasteiger partial charge in [0.2, 0.25) is 15.9 Å². The number of likely N-dealkylation sites (tertiary alicyclic amines) is 1. The molecule has 2 heterocycles. The van der Waals surface area contributed by atoms with E-state index in [2.05, 4.69) is 0 Å². The van der Waals surface area contributed by atoms with Gasteiger partial charge < -0.3 is 4.90 Å². The molecule has 5 nitrogen and oxygen atoms in total. The zero-order valence-electron chi connectivity index (χ0n) is 14.4. The van der Waals surface area contributed by atoms with Gasteiger partial charge in [-0.25, -0.2) is 12.7 Å². The summed E-state index contributed by atoms with van der Waals surface area (Å²) in [6.45, 7) is 2.53. The second kappa shape index (κ2) is 8.06. The Bertz CT molecular complexity index is 709. The number of carbonyl (C=O) groups is 1. The fraction of sp³-hybridized carbons (Fsp3) is 0.611. The number of hydrogen-bond acceptors (Lipinski definition) is 3. The summed E-state index contributed by atoms with van der Waals surface area (Å²) in [6.07, 6.45) is 4.57. The molecule has 0 saturated carbocycles. The van der Waals surface area contributed by atoms with Gasteiger partial charge in [-0.2, -0.15) is 0 Å². The molecule has 0 atom stereocenters. The number of amides is 1. The van der Waals surface area contributed by atoms with Crippen LogP contribution < -0.4 is 0 Å². The molecular weight excluding hydrogens is 360 g/mol. The Hall–Kier alpha value is -1.11. The van der Waals surface area contributed by atoms with E-state index in [0.717, 1.165) is 25.9 Å². The van der Waals surface area contributed by atoms with Gasteiger partial charge in [-0.05, 0) is 43.7 Å². The Kier molecular flexibility index (Phi) is 6.02. The van der Waals surface area contributed by atoms with Gasteiger partial charge in [0.05, 0.1) is 5.75 Å². The van der Waals surface area contributed by atoms with Crippen LogP contribution in [0.3, 0.4) is 0 Å². The van der Waals surface area contributed by atoms with Crippen LogP contribution in [-0.2, 0) is 20.6 Å². The maximum atomic E-state index is 12.7. The van der Waals surface area contributed by atoms with Crippen LogP contribution in [0.1, 0.15) is 37.7 Å². The van der Waals surface area contributed by atoms with Crippen LogP contribution in [0.5, 0.6) is 0 Å². The first-order chi connectivity index (χ1) is 12.0. The maximum absolute atomic E-state index is 12.7. The molecule has 2 saturated heterocycles. The number of nitrogens with zero attached hydrogens (tertiary/aromatic N) is 2. The normalized spacial score (nSPS) is 20.6. The standard InChI is InChI=1S/C18H25ClN2O3S/c19-17-7-3-2-6-16(17)14-25(23,24)21-12-8-15(9-13-21)18(22)20-10-4-1-5-11-20/h2-3,6-7,15H,1,4-5,8-14H2. The molecule has 0 radical (unpaired) electrons. The average molecular weight is 385 g/mol. The minimum atomic E-state index is -3.41. The first kappa shape index (κ1) is 18.7. The summed E-state index contributed by atoms with van der Waals surface area (Å²) in [6, 6.07) is 7.03. The lowest BCUT2D eigenvalue weighted by Gasteiger charge is -2.35. The van der Waals surface area contributed by atoms with E-state index in [1.165, 1.54) is 10.7 Å². The average Bonchev–Trinajstić information content (AvgIpc) is 2.64. The molecule has 2 fully saturated rings. The zero-order chi connectivity index (χ0) is 17.9.